The highest BCUT2D eigenvalue weighted by Crippen LogP contribution is 2.65. The Hall–Kier alpha value is -2.62. The minimum atomic E-state index is -0.238. The molecule has 4 bridgehead atoms. The highest BCUT2D eigenvalue weighted by atomic mass is 16.2. The summed E-state index contributed by atoms with van der Waals surface area (Å²) in [5, 5.41) is 6.08. The van der Waals surface area contributed by atoms with Gasteiger partial charge in [-0.15, -0.1) is 0 Å². The molecular formula is C27H32N2O2. The van der Waals surface area contributed by atoms with E-state index in [-0.39, 0.29) is 22.6 Å². The van der Waals surface area contributed by atoms with Crippen molar-refractivity contribution in [1.82, 2.24) is 10.6 Å². The topological polar surface area (TPSA) is 58.2 Å². The SMILES string of the molecule is Cc1ccc(C23CC4CC(CC(C(=O)NCCNC(=O)c5ccccc5)(C4)C2)C3)cc1. The molecule has 0 aromatic heterocycles. The zero-order valence-electron chi connectivity index (χ0n) is 18.3. The van der Waals surface area contributed by atoms with Crippen molar-refractivity contribution in [2.75, 3.05) is 13.1 Å². The molecule has 162 valence electrons. The van der Waals surface area contributed by atoms with Crippen LogP contribution in [-0.2, 0) is 10.2 Å². The Labute approximate surface area is 184 Å². The number of hydrogen-bond acceptors (Lipinski definition) is 2. The minimum Gasteiger partial charge on any atom is -0.354 e. The van der Waals surface area contributed by atoms with E-state index in [0.29, 0.717) is 30.5 Å². The normalized spacial score (nSPS) is 30.7. The van der Waals surface area contributed by atoms with Gasteiger partial charge in [0.05, 0.1) is 5.41 Å². The number of nitrogens with one attached hydrogen (secondary N) is 2. The van der Waals surface area contributed by atoms with Crippen LogP contribution in [0.5, 0.6) is 0 Å². The Kier molecular flexibility index (Phi) is 5.11. The lowest BCUT2D eigenvalue weighted by molar-refractivity contribution is -0.149. The molecule has 31 heavy (non-hydrogen) atoms. The third-order valence-corrected chi connectivity index (χ3v) is 7.94. The van der Waals surface area contributed by atoms with Crippen LogP contribution < -0.4 is 10.6 Å². The van der Waals surface area contributed by atoms with E-state index in [1.165, 1.54) is 30.4 Å². The van der Waals surface area contributed by atoms with E-state index < -0.39 is 0 Å². The Bertz CT molecular complexity index is 952. The van der Waals surface area contributed by atoms with E-state index in [9.17, 15) is 9.59 Å². The van der Waals surface area contributed by atoms with Crippen LogP contribution in [0.3, 0.4) is 0 Å². The second kappa shape index (κ2) is 7.81. The van der Waals surface area contributed by atoms with Gasteiger partial charge in [-0.3, -0.25) is 9.59 Å². The van der Waals surface area contributed by atoms with Crippen molar-refractivity contribution < 1.29 is 9.59 Å². The first-order chi connectivity index (χ1) is 15.0. The maximum atomic E-state index is 13.4. The van der Waals surface area contributed by atoms with Gasteiger partial charge in [0.2, 0.25) is 5.91 Å². The van der Waals surface area contributed by atoms with E-state index in [0.717, 1.165) is 19.3 Å². The maximum absolute atomic E-state index is 13.4. The van der Waals surface area contributed by atoms with Gasteiger partial charge in [-0.25, -0.2) is 0 Å². The first-order valence-corrected chi connectivity index (χ1v) is 11.7. The molecule has 2 aromatic rings. The van der Waals surface area contributed by atoms with Crippen molar-refractivity contribution in [2.45, 2.75) is 50.9 Å². The number of benzene rings is 2. The molecule has 2 unspecified atom stereocenters. The van der Waals surface area contributed by atoms with E-state index in [2.05, 4.69) is 41.8 Å². The number of aryl methyl sites for hydroxylation is 1. The standard InChI is InChI=1S/C27H32N2O2/c1-19-7-9-23(10-8-19)26-14-20-13-21(15-26)17-27(16-20,18-26)25(31)29-12-11-28-24(30)22-5-3-2-4-6-22/h2-10,20-21H,11-18H2,1H3,(H,28,30)(H,29,31). The molecule has 4 heteroatoms. The summed E-state index contributed by atoms with van der Waals surface area (Å²) in [6.45, 7) is 3.06. The Morgan fingerprint density at radius 2 is 1.52 bits per heavy atom. The molecule has 4 nitrogen and oxygen atoms in total. The fourth-order valence-corrected chi connectivity index (χ4v) is 7.00. The summed E-state index contributed by atoms with van der Waals surface area (Å²) in [7, 11) is 0. The second-order valence-electron chi connectivity index (χ2n) is 10.3. The number of carbonyl (C=O) groups excluding carboxylic acids is 2. The Morgan fingerprint density at radius 3 is 2.19 bits per heavy atom. The molecule has 4 aliphatic rings. The summed E-state index contributed by atoms with van der Waals surface area (Å²) in [6, 6.07) is 18.2. The molecule has 0 aliphatic heterocycles. The van der Waals surface area contributed by atoms with Crippen molar-refractivity contribution in [3.05, 3.63) is 71.3 Å². The molecular weight excluding hydrogens is 384 g/mol. The van der Waals surface area contributed by atoms with Crippen LogP contribution in [0.25, 0.3) is 0 Å². The first-order valence-electron chi connectivity index (χ1n) is 11.7. The van der Waals surface area contributed by atoms with E-state index >= 15 is 0 Å². The third kappa shape index (κ3) is 3.77. The molecule has 4 aliphatic carbocycles. The summed E-state index contributed by atoms with van der Waals surface area (Å²) < 4.78 is 0. The summed E-state index contributed by atoms with van der Waals surface area (Å²) in [4.78, 5) is 25.6. The average Bonchev–Trinajstić information content (AvgIpc) is 2.76. The molecule has 0 spiro atoms. The van der Waals surface area contributed by atoms with Gasteiger partial charge in [0.25, 0.3) is 5.91 Å². The Balaban J connectivity index is 1.24. The zero-order valence-corrected chi connectivity index (χ0v) is 18.3. The average molecular weight is 417 g/mol. The van der Waals surface area contributed by atoms with Crippen LogP contribution in [0.15, 0.2) is 54.6 Å². The highest BCUT2D eigenvalue weighted by Gasteiger charge is 2.60. The molecule has 2 N–H and O–H groups in total. The van der Waals surface area contributed by atoms with Gasteiger partial charge in [-0.2, -0.15) is 0 Å². The summed E-state index contributed by atoms with van der Waals surface area (Å²) in [5.41, 5.74) is 3.29. The lowest BCUT2D eigenvalue weighted by Crippen LogP contribution is -2.59. The first kappa shape index (κ1) is 20.3. The molecule has 0 radical (unpaired) electrons. The van der Waals surface area contributed by atoms with Gasteiger partial charge >= 0.3 is 0 Å². The van der Waals surface area contributed by atoms with Gasteiger partial charge in [0.15, 0.2) is 0 Å². The van der Waals surface area contributed by atoms with E-state index in [1.807, 2.05) is 18.2 Å². The summed E-state index contributed by atoms with van der Waals surface area (Å²) in [6.07, 6.45) is 6.77. The lowest BCUT2D eigenvalue weighted by atomic mass is 9.42. The number of rotatable bonds is 6. The number of hydrogen-bond donors (Lipinski definition) is 2. The van der Waals surface area contributed by atoms with Gasteiger partial charge in [0.1, 0.15) is 0 Å². The monoisotopic (exact) mass is 416 g/mol. The van der Waals surface area contributed by atoms with E-state index in [1.54, 1.807) is 12.1 Å². The second-order valence-corrected chi connectivity index (χ2v) is 10.3. The lowest BCUT2D eigenvalue weighted by Gasteiger charge is -2.61. The molecule has 0 saturated heterocycles. The van der Waals surface area contributed by atoms with E-state index in [4.69, 9.17) is 0 Å². The van der Waals surface area contributed by atoms with Crippen LogP contribution >= 0.6 is 0 Å². The van der Waals surface area contributed by atoms with Crippen molar-refractivity contribution in [2.24, 2.45) is 17.3 Å². The third-order valence-electron chi connectivity index (χ3n) is 7.94. The molecule has 2 aromatic carbocycles. The number of amides is 2. The van der Waals surface area contributed by atoms with Gasteiger partial charge in [-0.1, -0.05) is 48.0 Å². The molecule has 0 heterocycles. The van der Waals surface area contributed by atoms with Crippen molar-refractivity contribution in [1.29, 1.82) is 0 Å². The molecule has 4 saturated carbocycles. The van der Waals surface area contributed by atoms with Gasteiger partial charge in [-0.05, 0) is 80.4 Å². The summed E-state index contributed by atoms with van der Waals surface area (Å²) >= 11 is 0. The van der Waals surface area contributed by atoms with Crippen molar-refractivity contribution in [3.8, 4) is 0 Å². The molecule has 4 fully saturated rings. The predicted octanol–water partition coefficient (Wildman–Crippen LogP) is 4.38. The van der Waals surface area contributed by atoms with Crippen molar-refractivity contribution in [3.63, 3.8) is 0 Å². The smallest absolute Gasteiger partial charge is 0.251 e. The zero-order chi connectivity index (χ0) is 21.5. The predicted molar refractivity (Wildman–Crippen MR) is 122 cm³/mol. The van der Waals surface area contributed by atoms with Crippen LogP contribution in [0, 0.1) is 24.2 Å². The largest absolute Gasteiger partial charge is 0.354 e. The van der Waals surface area contributed by atoms with Crippen LogP contribution in [0.4, 0.5) is 0 Å². The fraction of sp³-hybridized carbons (Fsp3) is 0.481. The minimum absolute atomic E-state index is 0.0945. The summed E-state index contributed by atoms with van der Waals surface area (Å²) in [5.74, 6) is 1.42. The van der Waals surface area contributed by atoms with Gasteiger partial charge < -0.3 is 10.6 Å². The fourth-order valence-electron chi connectivity index (χ4n) is 7.00. The molecule has 6 rings (SSSR count). The van der Waals surface area contributed by atoms with Gasteiger partial charge in [0, 0.05) is 18.7 Å². The maximum Gasteiger partial charge on any atom is 0.251 e. The highest BCUT2D eigenvalue weighted by molar-refractivity contribution is 5.94. The molecule has 2 amide bonds. The van der Waals surface area contributed by atoms with Crippen molar-refractivity contribution >= 4 is 11.8 Å². The van der Waals surface area contributed by atoms with Crippen LogP contribution in [0.1, 0.15) is 60.0 Å². The van der Waals surface area contributed by atoms with Crippen LogP contribution in [-0.4, -0.2) is 24.9 Å². The van der Waals surface area contributed by atoms with Crippen LogP contribution in [0.2, 0.25) is 0 Å². The quantitative estimate of drug-likeness (QED) is 0.687. The number of carbonyl (C=O) groups is 2. The Morgan fingerprint density at radius 1 is 0.871 bits per heavy atom. The molecule has 2 atom stereocenters.